The summed E-state index contributed by atoms with van der Waals surface area (Å²) in [5.74, 6) is 0. The van der Waals surface area contributed by atoms with Crippen molar-refractivity contribution in [3.63, 3.8) is 0 Å². The fourth-order valence-electron chi connectivity index (χ4n) is 12.2. The monoisotopic (exact) mass is 1030 g/mol. The van der Waals surface area contributed by atoms with Gasteiger partial charge >= 0.3 is 0 Å². The van der Waals surface area contributed by atoms with Crippen LogP contribution in [0, 0.1) is 63.5 Å². The molecule has 2 aliphatic rings. The molecular formula is C66H64N8O4. The van der Waals surface area contributed by atoms with Crippen molar-refractivity contribution in [1.29, 1.82) is 10.5 Å². The zero-order chi connectivity index (χ0) is 54.9. The lowest BCUT2D eigenvalue weighted by atomic mass is 9.90. The second kappa shape index (κ2) is 21.3. The van der Waals surface area contributed by atoms with Crippen molar-refractivity contribution in [3.05, 3.63) is 176 Å². The van der Waals surface area contributed by atoms with Crippen LogP contribution in [0.3, 0.4) is 0 Å². The van der Waals surface area contributed by atoms with Gasteiger partial charge in [0.15, 0.2) is 5.70 Å². The Morgan fingerprint density at radius 1 is 0.462 bits per heavy atom. The summed E-state index contributed by atoms with van der Waals surface area (Å²) >= 11 is 0. The Kier molecular flexibility index (Phi) is 15.4. The summed E-state index contributed by atoms with van der Waals surface area (Å²) in [7, 11) is 0. The fraction of sp³-hybridized carbons (Fsp3) is 0.273. The number of fused-ring (bicyclic) bond motifs is 12. The molecule has 0 aliphatic carbocycles. The lowest BCUT2D eigenvalue weighted by molar-refractivity contribution is 0.716. The number of rotatable bonds is 0. The summed E-state index contributed by atoms with van der Waals surface area (Å²) in [6, 6.07) is 27.3. The highest BCUT2D eigenvalue weighted by Crippen LogP contribution is 2.45. The van der Waals surface area contributed by atoms with Crippen LogP contribution in [0.2, 0.25) is 0 Å². The lowest BCUT2D eigenvalue weighted by Gasteiger charge is -2.18. The Bertz CT molecular complexity index is 4720. The van der Waals surface area contributed by atoms with Gasteiger partial charge in [0.25, 0.3) is 22.2 Å². The maximum absolute atomic E-state index is 14.2. The third-order valence-electron chi connectivity index (χ3n) is 14.8. The first-order valence-corrected chi connectivity index (χ1v) is 26.2. The fourth-order valence-corrected chi connectivity index (χ4v) is 12.2. The number of nitrogens with zero attached hydrogens (tertiary/aromatic N) is 8. The van der Waals surface area contributed by atoms with Gasteiger partial charge in [-0.05, 0) is 97.1 Å². The number of hydrogen-bond donors (Lipinski definition) is 0. The van der Waals surface area contributed by atoms with Crippen LogP contribution < -0.4 is 32.9 Å². The molecule has 14 rings (SSSR count). The van der Waals surface area contributed by atoms with Crippen LogP contribution in [-0.2, 0) is 13.1 Å². The largest absolute Gasteiger partial charge is 0.318 e. The summed E-state index contributed by atoms with van der Waals surface area (Å²) in [5.41, 5.74) is 7.11. The maximum Gasteiger partial charge on any atom is 0.263 e. The molecule has 0 amide bonds. The minimum Gasteiger partial charge on any atom is -0.318 e. The van der Waals surface area contributed by atoms with Gasteiger partial charge < -0.3 is 9.13 Å². The van der Waals surface area contributed by atoms with Crippen molar-refractivity contribution < 1.29 is 0 Å². The number of para-hydroxylation sites is 2. The SMILES string of the molecule is C.C.CC.CC.CC.CC.[C-]#[N+]C1=c2c3cc(C)c4c(=O)n5c(c6cc(C)c(c(=O)n2CC1)c3c64)=C(C#N)CC5.[C-]#[N+]c1c2ccccc2n2c(=O)c3c(C)cc4c5c(c(C)cc(c35)c12)c(=O)n1c2ccccc2c(C#N)c41. The molecule has 12 nitrogen and oxygen atoms in total. The van der Waals surface area contributed by atoms with Gasteiger partial charge in [-0.3, -0.25) is 28.0 Å². The summed E-state index contributed by atoms with van der Waals surface area (Å²) in [4.78, 5) is 62.8. The van der Waals surface area contributed by atoms with Crippen molar-refractivity contribution >= 4 is 114 Å². The van der Waals surface area contributed by atoms with Crippen molar-refractivity contribution in [1.82, 2.24) is 17.9 Å². The van der Waals surface area contributed by atoms with Crippen molar-refractivity contribution in [2.24, 2.45) is 0 Å². The average molecular weight is 1030 g/mol. The first kappa shape index (κ1) is 56.4. The van der Waals surface area contributed by atoms with Crippen LogP contribution >= 0.6 is 0 Å². The van der Waals surface area contributed by atoms with E-state index < -0.39 is 0 Å². The minimum atomic E-state index is -0.215. The number of pyridine rings is 4. The molecule has 0 spiro atoms. The molecule has 6 aromatic heterocycles. The van der Waals surface area contributed by atoms with Gasteiger partial charge in [-0.25, -0.2) is 9.69 Å². The molecule has 6 aromatic carbocycles. The van der Waals surface area contributed by atoms with Gasteiger partial charge in [0.1, 0.15) is 6.07 Å². The number of aryl methyl sites for hydroxylation is 4. The van der Waals surface area contributed by atoms with Crippen LogP contribution in [0.25, 0.3) is 118 Å². The van der Waals surface area contributed by atoms with E-state index in [0.29, 0.717) is 114 Å². The molecule has 8 heterocycles. The van der Waals surface area contributed by atoms with E-state index in [1.807, 2.05) is 156 Å². The third-order valence-corrected chi connectivity index (χ3v) is 14.8. The maximum atomic E-state index is 14.2. The highest BCUT2D eigenvalue weighted by Gasteiger charge is 2.29. The van der Waals surface area contributed by atoms with Crippen LogP contribution in [0.4, 0.5) is 5.69 Å². The zero-order valence-electron chi connectivity index (χ0n) is 45.0. The first-order chi connectivity index (χ1) is 36.9. The molecule has 0 saturated heterocycles. The molecule has 0 radical (unpaired) electrons. The Morgan fingerprint density at radius 3 is 1.35 bits per heavy atom. The Labute approximate surface area is 452 Å². The van der Waals surface area contributed by atoms with E-state index in [0.717, 1.165) is 65.3 Å². The van der Waals surface area contributed by atoms with Gasteiger partial charge in [0.2, 0.25) is 5.69 Å². The number of aromatic nitrogens is 4. The molecule has 0 atom stereocenters. The molecule has 0 N–H and O–H groups in total. The Morgan fingerprint density at radius 2 is 0.859 bits per heavy atom. The first-order valence-electron chi connectivity index (χ1n) is 26.2. The molecular weight excluding hydrogens is 969 g/mol. The zero-order valence-corrected chi connectivity index (χ0v) is 45.0. The van der Waals surface area contributed by atoms with Gasteiger partial charge in [-0.2, -0.15) is 10.5 Å². The number of benzene rings is 6. The Hall–Kier alpha value is -9.36. The second-order valence-electron chi connectivity index (χ2n) is 18.2. The van der Waals surface area contributed by atoms with E-state index in [-0.39, 0.29) is 37.1 Å². The normalized spacial score (nSPS) is 12.1. The van der Waals surface area contributed by atoms with Gasteiger partial charge in [-0.1, -0.05) is 107 Å². The third kappa shape index (κ3) is 7.28. The molecule has 0 saturated carbocycles. The number of nitriles is 2. The molecule has 0 unspecified atom stereocenters. The quantitative estimate of drug-likeness (QED) is 0.109. The summed E-state index contributed by atoms with van der Waals surface area (Å²) in [6.07, 6.45) is 1.09. The highest BCUT2D eigenvalue weighted by molar-refractivity contribution is 6.32. The van der Waals surface area contributed by atoms with Crippen molar-refractivity contribution in [2.45, 2.75) is 124 Å². The van der Waals surface area contributed by atoms with Crippen LogP contribution in [0.1, 0.15) is 111 Å². The van der Waals surface area contributed by atoms with Gasteiger partial charge in [0, 0.05) is 74.5 Å². The van der Waals surface area contributed by atoms with Gasteiger partial charge in [0.05, 0.1) is 79.1 Å². The molecule has 12 heteroatoms. The van der Waals surface area contributed by atoms with Gasteiger partial charge in [-0.15, -0.1) is 0 Å². The molecule has 2 aliphatic heterocycles. The van der Waals surface area contributed by atoms with Crippen molar-refractivity contribution in [2.75, 3.05) is 0 Å². The molecule has 78 heavy (non-hydrogen) atoms. The number of hydrogen-bond acceptors (Lipinski definition) is 6. The van der Waals surface area contributed by atoms with Crippen molar-refractivity contribution in [3.8, 4) is 12.1 Å². The topological polar surface area (TPSA) is 143 Å². The molecule has 0 fully saturated rings. The molecule has 392 valence electrons. The highest BCUT2D eigenvalue weighted by atomic mass is 16.1. The van der Waals surface area contributed by atoms with E-state index in [4.69, 9.17) is 13.1 Å². The lowest BCUT2D eigenvalue weighted by Crippen LogP contribution is -2.34. The van der Waals surface area contributed by atoms with E-state index >= 15 is 0 Å². The smallest absolute Gasteiger partial charge is 0.263 e. The van der Waals surface area contributed by atoms with Crippen LogP contribution in [0.5, 0.6) is 0 Å². The Balaban J connectivity index is 0.000000200. The predicted molar refractivity (Wildman–Crippen MR) is 326 cm³/mol. The van der Waals surface area contributed by atoms with E-state index in [1.54, 1.807) is 17.9 Å². The van der Waals surface area contributed by atoms with E-state index in [9.17, 15) is 29.7 Å². The summed E-state index contributed by atoms with van der Waals surface area (Å²) in [5, 5.41) is 31.1. The predicted octanol–water partition coefficient (Wildman–Crippen LogP) is 14.0. The van der Waals surface area contributed by atoms with E-state index in [1.165, 1.54) is 0 Å². The standard InChI is InChI=1S/C32H16N4O2.C24H16N4O2.4C2H6.2CH4/c1-15-12-19-26-24(31(37)35-22-10-6-4-8-17(22)21(14-33)29(19)35)16(2)13-20-27(26)25(15)32(38)36-23-11-7-5-9-18(23)28(34-3)30(20)36;1-11-8-14-19-17(23(29)27-6-4-13(10-25)21(14)27)12(2)9-15-20(19)18(11)24(30)28-7-5-16(26-3)22(15)28;4*1-2;;/h4-13H,1-2H3;8-9H,4-7H2,1-2H3;4*1-2H3;2*1H4. The average Bonchev–Trinajstić information content (AvgIpc) is 4.40. The summed E-state index contributed by atoms with van der Waals surface area (Å²) < 4.78 is 6.72. The van der Waals surface area contributed by atoms with Crippen LogP contribution in [0.15, 0.2) is 92.0 Å². The minimum absolute atomic E-state index is 0. The van der Waals surface area contributed by atoms with Crippen LogP contribution in [-0.4, -0.2) is 17.9 Å². The molecule has 0 bridgehead atoms. The molecule has 12 aromatic rings. The second-order valence-corrected chi connectivity index (χ2v) is 18.2. The summed E-state index contributed by atoms with van der Waals surface area (Å²) in [6.45, 7) is 40.2. The van der Waals surface area contributed by atoms with E-state index in [2.05, 4.69) is 21.8 Å².